The fourth-order valence-electron chi connectivity index (χ4n) is 2.96. The van der Waals surface area contributed by atoms with Crippen LogP contribution in [0.15, 0.2) is 90.1 Å². The quantitative estimate of drug-likeness (QED) is 0.287. The zero-order valence-electron chi connectivity index (χ0n) is 15.5. The van der Waals surface area contributed by atoms with Crippen molar-refractivity contribution in [1.82, 2.24) is 9.55 Å². The van der Waals surface area contributed by atoms with Gasteiger partial charge in [0.15, 0.2) is 5.16 Å². The van der Waals surface area contributed by atoms with Crippen LogP contribution in [0.4, 0.5) is 0 Å². The Labute approximate surface area is 169 Å². The summed E-state index contributed by atoms with van der Waals surface area (Å²) in [6, 6.07) is 28.0. The van der Waals surface area contributed by atoms with Gasteiger partial charge in [-0.05, 0) is 36.4 Å². The molecule has 3 aromatic carbocycles. The van der Waals surface area contributed by atoms with E-state index in [0.29, 0.717) is 13.2 Å². The molecule has 4 nitrogen and oxygen atoms in total. The number of benzene rings is 3. The van der Waals surface area contributed by atoms with Crippen molar-refractivity contribution in [2.24, 2.45) is 0 Å². The topological polar surface area (TPSA) is 36.3 Å². The molecule has 0 aliphatic carbocycles. The van der Waals surface area contributed by atoms with Gasteiger partial charge in [0.2, 0.25) is 0 Å². The smallest absolute Gasteiger partial charge is 0.169 e. The number of hydrogen-bond donors (Lipinski definition) is 0. The van der Waals surface area contributed by atoms with Gasteiger partial charge in [-0.1, -0.05) is 60.3 Å². The zero-order chi connectivity index (χ0) is 19.0. The fraction of sp³-hybridized carbons (Fsp3) is 0.174. The first-order valence-corrected chi connectivity index (χ1v) is 10.3. The SMILES string of the molecule is c1ccc(OCCSc2nc3ccccc3n2CCOc2ccccc2)cc1. The predicted octanol–water partition coefficient (Wildman–Crippen LogP) is 5.29. The van der Waals surface area contributed by atoms with E-state index in [2.05, 4.69) is 16.7 Å². The molecule has 0 saturated heterocycles. The molecule has 142 valence electrons. The molecule has 4 aromatic rings. The van der Waals surface area contributed by atoms with Crippen LogP contribution in [0, 0.1) is 0 Å². The highest BCUT2D eigenvalue weighted by Crippen LogP contribution is 2.24. The Balaban J connectivity index is 1.39. The number of rotatable bonds is 9. The number of ether oxygens (including phenoxy) is 2. The molecule has 0 saturated carbocycles. The molecule has 0 fully saturated rings. The highest BCUT2D eigenvalue weighted by molar-refractivity contribution is 7.99. The second kappa shape index (κ2) is 9.33. The van der Waals surface area contributed by atoms with Crippen molar-refractivity contribution in [3.8, 4) is 11.5 Å². The van der Waals surface area contributed by atoms with Crippen molar-refractivity contribution < 1.29 is 9.47 Å². The van der Waals surface area contributed by atoms with E-state index >= 15 is 0 Å². The summed E-state index contributed by atoms with van der Waals surface area (Å²) < 4.78 is 13.9. The highest BCUT2D eigenvalue weighted by atomic mass is 32.2. The van der Waals surface area contributed by atoms with Crippen LogP contribution in [0.2, 0.25) is 0 Å². The van der Waals surface area contributed by atoms with Gasteiger partial charge in [0.1, 0.15) is 18.1 Å². The summed E-state index contributed by atoms with van der Waals surface area (Å²) in [5.74, 6) is 2.61. The predicted molar refractivity (Wildman–Crippen MR) is 114 cm³/mol. The van der Waals surface area contributed by atoms with Gasteiger partial charge in [-0.15, -0.1) is 0 Å². The van der Waals surface area contributed by atoms with Gasteiger partial charge in [-0.25, -0.2) is 4.98 Å². The van der Waals surface area contributed by atoms with Gasteiger partial charge in [0.25, 0.3) is 0 Å². The van der Waals surface area contributed by atoms with Crippen molar-refractivity contribution in [2.45, 2.75) is 11.7 Å². The Morgan fingerprint density at radius 2 is 1.32 bits per heavy atom. The standard InChI is InChI=1S/C23H22N2O2S/c1-3-9-19(10-4-1)26-16-15-25-22-14-8-7-13-21(22)24-23(25)28-18-17-27-20-11-5-2-6-12-20/h1-14H,15-18H2. The summed E-state index contributed by atoms with van der Waals surface area (Å²) in [6.07, 6.45) is 0. The number of fused-ring (bicyclic) bond motifs is 1. The molecule has 1 aromatic heterocycles. The van der Waals surface area contributed by atoms with E-state index in [4.69, 9.17) is 14.5 Å². The monoisotopic (exact) mass is 390 g/mol. The van der Waals surface area contributed by atoms with Crippen molar-refractivity contribution in [3.05, 3.63) is 84.9 Å². The average molecular weight is 391 g/mol. The summed E-state index contributed by atoms with van der Waals surface area (Å²) in [7, 11) is 0. The normalized spacial score (nSPS) is 10.9. The lowest BCUT2D eigenvalue weighted by molar-refractivity contribution is 0.295. The lowest BCUT2D eigenvalue weighted by atomic mass is 10.3. The summed E-state index contributed by atoms with van der Waals surface area (Å²) in [6.45, 7) is 1.98. The minimum Gasteiger partial charge on any atom is -0.493 e. The summed E-state index contributed by atoms with van der Waals surface area (Å²) in [5, 5.41) is 0.995. The van der Waals surface area contributed by atoms with E-state index in [-0.39, 0.29) is 0 Å². The molecule has 0 amide bonds. The number of imidazole rings is 1. The number of hydrogen-bond acceptors (Lipinski definition) is 4. The summed E-state index contributed by atoms with van der Waals surface area (Å²) in [4.78, 5) is 4.80. The van der Waals surface area contributed by atoms with Gasteiger partial charge >= 0.3 is 0 Å². The van der Waals surface area contributed by atoms with Crippen molar-refractivity contribution >= 4 is 22.8 Å². The van der Waals surface area contributed by atoms with Gasteiger partial charge in [0.05, 0.1) is 24.2 Å². The molecule has 0 aliphatic heterocycles. The van der Waals surface area contributed by atoms with E-state index in [0.717, 1.165) is 40.0 Å². The van der Waals surface area contributed by atoms with Crippen LogP contribution in [0.25, 0.3) is 11.0 Å². The molecule has 0 aliphatic rings. The number of thioether (sulfide) groups is 1. The number of para-hydroxylation sites is 4. The minimum absolute atomic E-state index is 0.596. The van der Waals surface area contributed by atoms with Crippen LogP contribution >= 0.6 is 11.8 Å². The first-order chi connectivity index (χ1) is 13.9. The Kier molecular flexibility index (Phi) is 6.15. The lowest BCUT2D eigenvalue weighted by Crippen LogP contribution is -2.10. The van der Waals surface area contributed by atoms with E-state index in [1.165, 1.54) is 0 Å². The lowest BCUT2D eigenvalue weighted by Gasteiger charge is -2.11. The maximum absolute atomic E-state index is 5.88. The van der Waals surface area contributed by atoms with Crippen LogP contribution in [0.5, 0.6) is 11.5 Å². The molecule has 0 unspecified atom stereocenters. The Morgan fingerprint density at radius 3 is 2.04 bits per heavy atom. The average Bonchev–Trinajstić information content (AvgIpc) is 3.10. The van der Waals surface area contributed by atoms with Gasteiger partial charge < -0.3 is 14.0 Å². The van der Waals surface area contributed by atoms with Crippen LogP contribution in [-0.2, 0) is 6.54 Å². The Hall–Kier alpha value is -2.92. The maximum atomic E-state index is 5.88. The molecule has 4 rings (SSSR count). The largest absolute Gasteiger partial charge is 0.493 e. The van der Waals surface area contributed by atoms with Crippen LogP contribution in [0.3, 0.4) is 0 Å². The van der Waals surface area contributed by atoms with Crippen LogP contribution in [0.1, 0.15) is 0 Å². The molecule has 0 N–H and O–H groups in total. The second-order valence-electron chi connectivity index (χ2n) is 6.21. The van der Waals surface area contributed by atoms with Crippen molar-refractivity contribution in [2.75, 3.05) is 19.0 Å². The third kappa shape index (κ3) is 4.67. The first kappa shape index (κ1) is 18.4. The molecule has 0 atom stereocenters. The zero-order valence-corrected chi connectivity index (χ0v) is 16.3. The number of aromatic nitrogens is 2. The molecule has 1 heterocycles. The van der Waals surface area contributed by atoms with Crippen molar-refractivity contribution in [1.29, 1.82) is 0 Å². The summed E-state index contributed by atoms with van der Waals surface area (Å²) >= 11 is 1.71. The second-order valence-corrected chi connectivity index (χ2v) is 7.27. The van der Waals surface area contributed by atoms with Gasteiger partial charge in [-0.3, -0.25) is 0 Å². The third-order valence-electron chi connectivity index (χ3n) is 4.27. The molecular weight excluding hydrogens is 368 g/mol. The van der Waals surface area contributed by atoms with E-state index in [1.807, 2.05) is 72.8 Å². The van der Waals surface area contributed by atoms with Gasteiger partial charge in [-0.2, -0.15) is 0 Å². The molecular formula is C23H22N2O2S. The van der Waals surface area contributed by atoms with Crippen molar-refractivity contribution in [3.63, 3.8) is 0 Å². The Morgan fingerprint density at radius 1 is 0.714 bits per heavy atom. The van der Waals surface area contributed by atoms with E-state index in [1.54, 1.807) is 11.8 Å². The molecule has 28 heavy (non-hydrogen) atoms. The van der Waals surface area contributed by atoms with Crippen LogP contribution < -0.4 is 9.47 Å². The highest BCUT2D eigenvalue weighted by Gasteiger charge is 2.11. The van der Waals surface area contributed by atoms with Gasteiger partial charge in [0, 0.05) is 5.75 Å². The first-order valence-electron chi connectivity index (χ1n) is 9.34. The summed E-state index contributed by atoms with van der Waals surface area (Å²) in [5.41, 5.74) is 2.14. The molecule has 0 spiro atoms. The Bertz CT molecular complexity index is 1000. The third-order valence-corrected chi connectivity index (χ3v) is 5.21. The van der Waals surface area contributed by atoms with E-state index < -0.39 is 0 Å². The van der Waals surface area contributed by atoms with E-state index in [9.17, 15) is 0 Å². The minimum atomic E-state index is 0.596. The fourth-order valence-corrected chi connectivity index (χ4v) is 3.82. The molecule has 0 radical (unpaired) electrons. The molecule has 0 bridgehead atoms. The number of nitrogens with zero attached hydrogens (tertiary/aromatic N) is 2. The maximum Gasteiger partial charge on any atom is 0.169 e. The van der Waals surface area contributed by atoms with Crippen LogP contribution in [-0.4, -0.2) is 28.5 Å². The molecule has 5 heteroatoms.